The summed E-state index contributed by atoms with van der Waals surface area (Å²) in [5, 5.41) is 10.7. The number of aliphatic carboxylic acids is 1. The second-order valence-corrected chi connectivity index (χ2v) is 6.17. The van der Waals surface area contributed by atoms with E-state index in [0.717, 1.165) is 5.56 Å². The summed E-state index contributed by atoms with van der Waals surface area (Å²) in [7, 11) is 1.50. The fraction of sp³-hybridized carbons (Fsp3) is 0.167. The molecule has 1 N–H and O–H groups in total. The number of furan rings is 1. The van der Waals surface area contributed by atoms with Crippen LogP contribution in [0.15, 0.2) is 41.0 Å². The number of rotatable bonds is 6. The molecule has 0 aliphatic heterocycles. The van der Waals surface area contributed by atoms with Gasteiger partial charge < -0.3 is 19.0 Å². The van der Waals surface area contributed by atoms with E-state index in [1.807, 2.05) is 0 Å². The number of ether oxygens (including phenoxy) is 2. The lowest BCUT2D eigenvalue weighted by molar-refractivity contribution is -0.136. The molecule has 130 valence electrons. The average Bonchev–Trinajstić information content (AvgIpc) is 2.96. The Labute approximate surface area is 153 Å². The van der Waals surface area contributed by atoms with Gasteiger partial charge in [0.1, 0.15) is 6.61 Å². The van der Waals surface area contributed by atoms with Gasteiger partial charge in [0.15, 0.2) is 11.3 Å². The molecule has 1 heterocycles. The molecule has 0 unspecified atom stereocenters. The molecule has 0 aliphatic carbocycles. The Bertz CT molecular complexity index is 933. The predicted octanol–water partition coefficient (Wildman–Crippen LogP) is 4.95. The van der Waals surface area contributed by atoms with Crippen LogP contribution in [-0.4, -0.2) is 18.2 Å². The Balaban J connectivity index is 1.90. The fourth-order valence-electron chi connectivity index (χ4n) is 2.51. The number of carboxylic acid groups (broad SMARTS) is 1. The van der Waals surface area contributed by atoms with Crippen LogP contribution in [0.4, 0.5) is 0 Å². The van der Waals surface area contributed by atoms with Gasteiger partial charge in [-0.3, -0.25) is 4.79 Å². The van der Waals surface area contributed by atoms with Crippen molar-refractivity contribution >= 4 is 40.1 Å². The molecule has 0 radical (unpaired) electrons. The number of methoxy groups -OCH3 is 1. The first-order valence-corrected chi connectivity index (χ1v) is 8.10. The number of carbonyl (C=O) groups is 1. The van der Waals surface area contributed by atoms with Gasteiger partial charge in [-0.2, -0.15) is 0 Å². The number of halogens is 2. The molecule has 2 aromatic carbocycles. The third kappa shape index (κ3) is 3.67. The van der Waals surface area contributed by atoms with E-state index >= 15 is 0 Å². The fourth-order valence-corrected chi connectivity index (χ4v) is 2.97. The first-order valence-electron chi connectivity index (χ1n) is 7.35. The summed E-state index contributed by atoms with van der Waals surface area (Å²) in [4.78, 5) is 10.9. The van der Waals surface area contributed by atoms with E-state index in [9.17, 15) is 4.79 Å². The smallest absolute Gasteiger partial charge is 0.307 e. The maximum atomic E-state index is 10.9. The predicted molar refractivity (Wildman–Crippen MR) is 94.9 cm³/mol. The van der Waals surface area contributed by atoms with Crippen LogP contribution in [0, 0.1) is 0 Å². The first kappa shape index (κ1) is 17.5. The molecule has 3 aromatic rings. The zero-order chi connectivity index (χ0) is 18.0. The van der Waals surface area contributed by atoms with Crippen molar-refractivity contribution in [1.82, 2.24) is 0 Å². The Hall–Kier alpha value is -2.37. The van der Waals surface area contributed by atoms with Crippen LogP contribution in [0.5, 0.6) is 11.5 Å². The molecule has 0 bridgehead atoms. The van der Waals surface area contributed by atoms with E-state index in [-0.39, 0.29) is 13.0 Å². The minimum absolute atomic E-state index is 0.128. The van der Waals surface area contributed by atoms with Gasteiger partial charge in [-0.1, -0.05) is 29.3 Å². The van der Waals surface area contributed by atoms with E-state index in [0.29, 0.717) is 38.1 Å². The number of hydrogen-bond donors (Lipinski definition) is 1. The van der Waals surface area contributed by atoms with Gasteiger partial charge in [-0.25, -0.2) is 0 Å². The minimum atomic E-state index is -0.931. The molecular weight excluding hydrogens is 367 g/mol. The molecule has 0 spiro atoms. The summed E-state index contributed by atoms with van der Waals surface area (Å²) in [6.07, 6.45) is 1.29. The molecule has 7 heteroatoms. The van der Waals surface area contributed by atoms with Crippen molar-refractivity contribution in [2.45, 2.75) is 13.0 Å². The van der Waals surface area contributed by atoms with Crippen LogP contribution < -0.4 is 9.47 Å². The summed E-state index contributed by atoms with van der Waals surface area (Å²) in [6.45, 7) is 0.223. The standard InChI is InChI=1S/C18H14Cl2O5/c1-23-18-15(24-8-10-2-3-12(19)7-14(10)20)5-4-13-11(6-16(21)22)9-25-17(13)18/h2-5,7,9H,6,8H2,1H3,(H,21,22). The number of benzene rings is 2. The highest BCUT2D eigenvalue weighted by molar-refractivity contribution is 6.35. The second kappa shape index (κ2) is 7.25. The van der Waals surface area contributed by atoms with Gasteiger partial charge >= 0.3 is 5.97 Å². The molecule has 0 atom stereocenters. The van der Waals surface area contributed by atoms with Crippen molar-refractivity contribution in [3.63, 3.8) is 0 Å². The molecule has 0 amide bonds. The Kier molecular flexibility index (Phi) is 5.06. The highest BCUT2D eigenvalue weighted by atomic mass is 35.5. The first-order chi connectivity index (χ1) is 12.0. The molecule has 0 aliphatic rings. The van der Waals surface area contributed by atoms with Gasteiger partial charge in [0, 0.05) is 26.6 Å². The Morgan fingerprint density at radius 2 is 2.00 bits per heavy atom. The monoisotopic (exact) mass is 380 g/mol. The third-order valence-electron chi connectivity index (χ3n) is 3.69. The van der Waals surface area contributed by atoms with Gasteiger partial charge in [0.05, 0.1) is 19.8 Å². The zero-order valence-electron chi connectivity index (χ0n) is 13.2. The average molecular weight is 381 g/mol. The molecule has 0 saturated carbocycles. The second-order valence-electron chi connectivity index (χ2n) is 5.33. The lowest BCUT2D eigenvalue weighted by Gasteiger charge is -2.12. The van der Waals surface area contributed by atoms with Gasteiger partial charge in [0.2, 0.25) is 5.75 Å². The number of hydrogen-bond acceptors (Lipinski definition) is 4. The Morgan fingerprint density at radius 1 is 1.20 bits per heavy atom. The Morgan fingerprint density at radius 3 is 2.68 bits per heavy atom. The number of carboxylic acids is 1. The maximum absolute atomic E-state index is 10.9. The largest absolute Gasteiger partial charge is 0.490 e. The van der Waals surface area contributed by atoms with Gasteiger partial charge in [0.25, 0.3) is 0 Å². The third-order valence-corrected chi connectivity index (χ3v) is 4.27. The van der Waals surface area contributed by atoms with Gasteiger partial charge in [-0.15, -0.1) is 0 Å². The van der Waals surface area contributed by atoms with Crippen molar-refractivity contribution in [2.24, 2.45) is 0 Å². The zero-order valence-corrected chi connectivity index (χ0v) is 14.7. The summed E-state index contributed by atoms with van der Waals surface area (Å²) in [6, 6.07) is 8.63. The summed E-state index contributed by atoms with van der Waals surface area (Å²) >= 11 is 12.0. The van der Waals surface area contributed by atoms with Crippen LogP contribution in [-0.2, 0) is 17.8 Å². The van der Waals surface area contributed by atoms with Crippen LogP contribution in [0.2, 0.25) is 10.0 Å². The van der Waals surface area contributed by atoms with E-state index < -0.39 is 5.97 Å². The van der Waals surface area contributed by atoms with Crippen LogP contribution in [0.1, 0.15) is 11.1 Å². The van der Waals surface area contributed by atoms with E-state index in [1.165, 1.54) is 13.4 Å². The van der Waals surface area contributed by atoms with E-state index in [1.54, 1.807) is 30.3 Å². The quantitative estimate of drug-likeness (QED) is 0.654. The molecule has 0 saturated heterocycles. The summed E-state index contributed by atoms with van der Waals surface area (Å²) < 4.78 is 16.7. The lowest BCUT2D eigenvalue weighted by atomic mass is 10.1. The maximum Gasteiger partial charge on any atom is 0.307 e. The van der Waals surface area contributed by atoms with E-state index in [4.69, 9.17) is 42.2 Å². The van der Waals surface area contributed by atoms with E-state index in [2.05, 4.69) is 0 Å². The van der Waals surface area contributed by atoms with Crippen molar-refractivity contribution in [3.8, 4) is 11.5 Å². The lowest BCUT2D eigenvalue weighted by Crippen LogP contribution is -2.00. The normalized spacial score (nSPS) is 10.8. The van der Waals surface area contributed by atoms with Crippen LogP contribution >= 0.6 is 23.2 Å². The summed E-state index contributed by atoms with van der Waals surface area (Å²) in [5.74, 6) is -0.0594. The van der Waals surface area contributed by atoms with Crippen LogP contribution in [0.3, 0.4) is 0 Å². The molecule has 5 nitrogen and oxygen atoms in total. The minimum Gasteiger partial charge on any atom is -0.490 e. The van der Waals surface area contributed by atoms with Crippen LogP contribution in [0.25, 0.3) is 11.0 Å². The highest BCUT2D eigenvalue weighted by Crippen LogP contribution is 2.38. The molecule has 25 heavy (non-hydrogen) atoms. The SMILES string of the molecule is COc1c(OCc2ccc(Cl)cc2Cl)ccc2c(CC(=O)O)coc12. The molecule has 3 rings (SSSR count). The topological polar surface area (TPSA) is 68.9 Å². The molecule has 1 aromatic heterocycles. The van der Waals surface area contributed by atoms with Crippen molar-refractivity contribution < 1.29 is 23.8 Å². The van der Waals surface area contributed by atoms with Crippen molar-refractivity contribution in [1.29, 1.82) is 0 Å². The van der Waals surface area contributed by atoms with Gasteiger partial charge in [-0.05, 0) is 24.3 Å². The number of fused-ring (bicyclic) bond motifs is 1. The highest BCUT2D eigenvalue weighted by Gasteiger charge is 2.17. The molecule has 0 fully saturated rings. The molecular formula is C18H14Cl2O5. The summed E-state index contributed by atoms with van der Waals surface area (Å²) in [5.41, 5.74) is 1.80. The van der Waals surface area contributed by atoms with Crippen molar-refractivity contribution in [2.75, 3.05) is 7.11 Å². The van der Waals surface area contributed by atoms with Crippen molar-refractivity contribution in [3.05, 3.63) is 57.8 Å².